The summed E-state index contributed by atoms with van der Waals surface area (Å²) in [7, 11) is 0. The molecule has 1 aromatic carbocycles. The number of aliphatic hydroxyl groups is 2. The lowest BCUT2D eigenvalue weighted by Gasteiger charge is -2.62. The second kappa shape index (κ2) is 11.2. The summed E-state index contributed by atoms with van der Waals surface area (Å²) in [4.78, 5) is 24.6. The largest absolute Gasteiger partial charge is 0.480 e. The van der Waals surface area contributed by atoms with E-state index in [0.29, 0.717) is 41.9 Å². The molecule has 0 heterocycles. The first-order valence-corrected chi connectivity index (χ1v) is 15.4. The lowest BCUT2D eigenvalue weighted by Crippen LogP contribution is -2.58. The Hall–Kier alpha value is -1.92. The molecule has 4 saturated carbocycles. The third-order valence-electron chi connectivity index (χ3n) is 12.2. The number of hydrogen-bond donors (Lipinski definition) is 4. The Morgan fingerprint density at radius 3 is 2.38 bits per heavy atom. The Balaban J connectivity index is 1.20. The number of fused-ring (bicyclic) bond motifs is 5. The summed E-state index contributed by atoms with van der Waals surface area (Å²) in [6, 6.07) is 8.51. The molecule has 0 bridgehead atoms. The monoisotopic (exact) mass is 539 g/mol. The maximum Gasteiger partial charge on any atom is 0.326 e. The molecule has 5 rings (SSSR count). The maximum atomic E-state index is 12.8. The van der Waals surface area contributed by atoms with Crippen LogP contribution in [0.5, 0.6) is 0 Å². The second-order valence-electron chi connectivity index (χ2n) is 14.1. The highest BCUT2D eigenvalue weighted by molar-refractivity contribution is 5.83. The van der Waals surface area contributed by atoms with Crippen LogP contribution in [0.15, 0.2) is 30.3 Å². The summed E-state index contributed by atoms with van der Waals surface area (Å²) >= 11 is 0. The molecule has 6 heteroatoms. The van der Waals surface area contributed by atoms with Crippen LogP contribution in [-0.2, 0) is 16.0 Å². The Bertz CT molecular complexity index is 1030. The number of carbonyl (C=O) groups excluding carboxylic acids is 1. The van der Waals surface area contributed by atoms with Crippen molar-refractivity contribution in [2.45, 2.75) is 110 Å². The summed E-state index contributed by atoms with van der Waals surface area (Å²) in [6.07, 6.45) is 9.15. The van der Waals surface area contributed by atoms with Gasteiger partial charge in [-0.05, 0) is 110 Å². The van der Waals surface area contributed by atoms with Gasteiger partial charge in [0.05, 0.1) is 12.2 Å². The van der Waals surface area contributed by atoms with Crippen LogP contribution in [0.25, 0.3) is 0 Å². The molecule has 0 aliphatic heterocycles. The number of hydrogen-bond acceptors (Lipinski definition) is 4. The van der Waals surface area contributed by atoms with E-state index >= 15 is 0 Å². The van der Waals surface area contributed by atoms with Crippen molar-refractivity contribution in [3.8, 4) is 0 Å². The molecule has 1 amide bonds. The minimum Gasteiger partial charge on any atom is -0.480 e. The van der Waals surface area contributed by atoms with E-state index in [0.717, 1.165) is 56.9 Å². The smallest absolute Gasteiger partial charge is 0.326 e. The third kappa shape index (κ3) is 5.40. The number of rotatable bonds is 8. The van der Waals surface area contributed by atoms with E-state index in [1.165, 1.54) is 6.42 Å². The van der Waals surface area contributed by atoms with Gasteiger partial charge in [0.15, 0.2) is 0 Å². The number of benzene rings is 1. The average Bonchev–Trinajstić information content (AvgIpc) is 3.25. The summed E-state index contributed by atoms with van der Waals surface area (Å²) < 4.78 is 0. The molecule has 4 aliphatic rings. The quantitative estimate of drug-likeness (QED) is 0.363. The van der Waals surface area contributed by atoms with Crippen molar-refractivity contribution in [1.82, 2.24) is 5.32 Å². The summed E-state index contributed by atoms with van der Waals surface area (Å²) in [5.74, 6) is 1.51. The molecule has 0 aromatic heterocycles. The topological polar surface area (TPSA) is 107 Å². The summed E-state index contributed by atoms with van der Waals surface area (Å²) in [6.45, 7) is 7.17. The zero-order valence-corrected chi connectivity index (χ0v) is 24.0. The van der Waals surface area contributed by atoms with Gasteiger partial charge in [0.2, 0.25) is 5.91 Å². The van der Waals surface area contributed by atoms with Crippen LogP contribution in [0.1, 0.15) is 90.5 Å². The number of aliphatic carboxylic acids is 1. The van der Waals surface area contributed by atoms with Gasteiger partial charge in [0.1, 0.15) is 6.04 Å². The number of aliphatic hydroxyl groups excluding tert-OH is 2. The van der Waals surface area contributed by atoms with E-state index in [1.54, 1.807) is 0 Å². The van der Waals surface area contributed by atoms with Gasteiger partial charge in [-0.3, -0.25) is 4.79 Å². The first-order chi connectivity index (χ1) is 18.5. The molecular weight excluding hydrogens is 490 g/mol. The lowest BCUT2D eigenvalue weighted by molar-refractivity contribution is -0.174. The van der Waals surface area contributed by atoms with Crippen molar-refractivity contribution in [3.63, 3.8) is 0 Å². The van der Waals surface area contributed by atoms with Crippen LogP contribution in [0.3, 0.4) is 0 Å². The van der Waals surface area contributed by atoms with Gasteiger partial charge in [-0.2, -0.15) is 0 Å². The molecule has 4 N–H and O–H groups in total. The van der Waals surface area contributed by atoms with Crippen molar-refractivity contribution in [3.05, 3.63) is 35.9 Å². The van der Waals surface area contributed by atoms with Crippen molar-refractivity contribution < 1.29 is 24.9 Å². The van der Waals surface area contributed by atoms with Crippen LogP contribution >= 0.6 is 0 Å². The van der Waals surface area contributed by atoms with Crippen molar-refractivity contribution in [2.24, 2.45) is 46.3 Å². The molecular formula is C33H49NO5. The molecule has 11 atom stereocenters. The molecule has 6 nitrogen and oxygen atoms in total. The maximum absolute atomic E-state index is 12.8. The molecule has 1 aromatic rings. The molecule has 0 radical (unpaired) electrons. The fraction of sp³-hybridized carbons (Fsp3) is 0.758. The SMILES string of the molecule is CC(CCC(=O)N[C@@H](Cc1ccccc1)C(=O)O)[C@H]1CC[C@H]2[C@@H]3[C@H](O)C[C@@H]4C[C@H](O)CCC4(C)[C@H]3CCC12C. The van der Waals surface area contributed by atoms with Crippen molar-refractivity contribution in [1.29, 1.82) is 0 Å². The first kappa shape index (κ1) is 28.6. The van der Waals surface area contributed by atoms with Crippen LogP contribution < -0.4 is 5.32 Å². The fourth-order valence-corrected chi connectivity index (χ4v) is 10.1. The van der Waals surface area contributed by atoms with Gasteiger partial charge in [-0.1, -0.05) is 51.1 Å². The number of amides is 1. The number of carbonyl (C=O) groups is 2. The van der Waals surface area contributed by atoms with Gasteiger partial charge in [0, 0.05) is 12.8 Å². The highest BCUT2D eigenvalue weighted by atomic mass is 16.4. The third-order valence-corrected chi connectivity index (χ3v) is 12.2. The molecule has 216 valence electrons. The van der Waals surface area contributed by atoms with E-state index in [2.05, 4.69) is 26.1 Å². The Labute approximate surface area is 234 Å². The van der Waals surface area contributed by atoms with Crippen LogP contribution in [0.4, 0.5) is 0 Å². The van der Waals surface area contributed by atoms with Crippen LogP contribution in [0.2, 0.25) is 0 Å². The van der Waals surface area contributed by atoms with E-state index in [1.807, 2.05) is 30.3 Å². The Morgan fingerprint density at radius 1 is 0.974 bits per heavy atom. The summed E-state index contributed by atoms with van der Waals surface area (Å²) in [5.41, 5.74) is 1.30. The minimum atomic E-state index is -1.00. The second-order valence-corrected chi connectivity index (χ2v) is 14.1. The first-order valence-electron chi connectivity index (χ1n) is 15.4. The summed E-state index contributed by atoms with van der Waals surface area (Å²) in [5, 5.41) is 34.2. The van der Waals surface area contributed by atoms with E-state index in [-0.39, 0.29) is 35.4 Å². The zero-order chi connectivity index (χ0) is 27.9. The molecule has 0 spiro atoms. The van der Waals surface area contributed by atoms with E-state index in [9.17, 15) is 24.9 Å². The van der Waals surface area contributed by atoms with Crippen LogP contribution in [-0.4, -0.2) is 45.4 Å². The molecule has 0 saturated heterocycles. The minimum absolute atomic E-state index is 0.173. The standard InChI is InChI=1S/C33H49NO5/c1-20(9-12-29(37)34-27(31(38)39)17-21-7-5-4-6-8-21)24-10-11-25-30-26(14-16-33(24,25)3)32(2)15-13-23(35)18-22(32)19-28(30)36/h4-8,20,22-28,30,35-36H,9-19H2,1-3H3,(H,34,37)(H,38,39)/t20?,22-,23+,24+,25-,26-,27-,28+,30-,32?,33?/m0/s1. The predicted molar refractivity (Wildman–Crippen MR) is 151 cm³/mol. The fourth-order valence-electron chi connectivity index (χ4n) is 10.1. The Kier molecular flexibility index (Phi) is 8.18. The van der Waals surface area contributed by atoms with Gasteiger partial charge < -0.3 is 20.6 Å². The number of carboxylic acid groups (broad SMARTS) is 1. The zero-order valence-electron chi connectivity index (χ0n) is 24.0. The molecule has 39 heavy (non-hydrogen) atoms. The highest BCUT2D eigenvalue weighted by Crippen LogP contribution is 2.68. The van der Waals surface area contributed by atoms with Gasteiger partial charge in [0.25, 0.3) is 0 Å². The average molecular weight is 540 g/mol. The highest BCUT2D eigenvalue weighted by Gasteiger charge is 2.62. The van der Waals surface area contributed by atoms with Crippen LogP contribution in [0, 0.1) is 46.3 Å². The number of carboxylic acids is 1. The number of nitrogens with one attached hydrogen (secondary N) is 1. The van der Waals surface area contributed by atoms with Gasteiger partial charge in [-0.15, -0.1) is 0 Å². The normalized spacial score (nSPS) is 41.0. The lowest BCUT2D eigenvalue weighted by atomic mass is 9.43. The van der Waals surface area contributed by atoms with Gasteiger partial charge in [-0.25, -0.2) is 4.79 Å². The van der Waals surface area contributed by atoms with Crippen molar-refractivity contribution >= 4 is 11.9 Å². The Morgan fingerprint density at radius 2 is 1.67 bits per heavy atom. The predicted octanol–water partition coefficient (Wildman–Crippen LogP) is 5.21. The molecule has 4 aliphatic carbocycles. The van der Waals surface area contributed by atoms with Crippen molar-refractivity contribution in [2.75, 3.05) is 0 Å². The molecule has 3 unspecified atom stereocenters. The molecule has 4 fully saturated rings. The van der Waals surface area contributed by atoms with E-state index < -0.39 is 12.0 Å². The van der Waals surface area contributed by atoms with Gasteiger partial charge >= 0.3 is 5.97 Å². The van der Waals surface area contributed by atoms with E-state index in [4.69, 9.17) is 0 Å².